The van der Waals surface area contributed by atoms with E-state index in [1.807, 2.05) is 0 Å². The summed E-state index contributed by atoms with van der Waals surface area (Å²) in [6, 6.07) is 0. The molecule has 0 rings (SSSR count). The molecule has 0 saturated heterocycles. The van der Waals surface area contributed by atoms with Crippen LogP contribution in [0.4, 0.5) is 0 Å². The molecule has 4 unspecified atom stereocenters. The second kappa shape index (κ2) is 70.1. The Balaban J connectivity index is 5.24. The van der Waals surface area contributed by atoms with Crippen molar-refractivity contribution in [2.75, 3.05) is 39.6 Å². The number of unbranched alkanes of at least 4 members (excludes halogenated alkanes) is 43. The van der Waals surface area contributed by atoms with Crippen LogP contribution in [0.1, 0.15) is 415 Å². The maximum Gasteiger partial charge on any atom is 0.472 e. The van der Waals surface area contributed by atoms with Crippen molar-refractivity contribution in [2.24, 2.45) is 23.7 Å². The molecule has 0 amide bonds. The van der Waals surface area contributed by atoms with Crippen molar-refractivity contribution >= 4 is 39.5 Å². The van der Waals surface area contributed by atoms with Gasteiger partial charge in [0.2, 0.25) is 0 Å². The molecule has 0 radical (unpaired) electrons. The average molecular weight is 1470 g/mol. The number of phosphoric ester groups is 2. The highest BCUT2D eigenvalue weighted by molar-refractivity contribution is 7.47. The van der Waals surface area contributed by atoms with E-state index < -0.39 is 97.5 Å². The molecule has 17 nitrogen and oxygen atoms in total. The summed E-state index contributed by atoms with van der Waals surface area (Å²) in [7, 11) is -9.92. The normalized spacial score (nSPS) is 14.3. The fraction of sp³-hybridized carbons (Fsp3) is 0.951. The second-order valence-electron chi connectivity index (χ2n) is 30.8. The fourth-order valence-corrected chi connectivity index (χ4v) is 14.0. The van der Waals surface area contributed by atoms with Crippen LogP contribution in [0, 0.1) is 23.7 Å². The SMILES string of the molecule is CCC(C)CCCCCCCCCCCCC(=O)OC[C@H](COP(=O)(O)OCC(O)COP(=O)(O)OC[C@@H](COC(=O)CCCCCCCCCC(C)C)OC(=O)CCCCCCCCCCCCCCCCC(C)C)OC(=O)CCCCCCCCCCCCCCCCCCC(C)C. The van der Waals surface area contributed by atoms with Crippen molar-refractivity contribution < 1.29 is 80.2 Å². The van der Waals surface area contributed by atoms with Gasteiger partial charge in [-0.15, -0.1) is 0 Å². The molecule has 0 heterocycles. The number of phosphoric acid groups is 2. The van der Waals surface area contributed by atoms with Gasteiger partial charge in [-0.1, -0.05) is 364 Å². The Bertz CT molecular complexity index is 1960. The number of hydrogen-bond donors (Lipinski definition) is 3. The van der Waals surface area contributed by atoms with E-state index in [2.05, 4.69) is 55.4 Å². The minimum Gasteiger partial charge on any atom is -0.462 e. The van der Waals surface area contributed by atoms with Crippen LogP contribution in [0.3, 0.4) is 0 Å². The first-order valence-electron chi connectivity index (χ1n) is 41.7. The molecule has 0 aromatic heterocycles. The van der Waals surface area contributed by atoms with Gasteiger partial charge in [-0.3, -0.25) is 37.3 Å². The molecule has 0 aliphatic carbocycles. The Kier molecular flexibility index (Phi) is 68.7. The van der Waals surface area contributed by atoms with Gasteiger partial charge in [0.05, 0.1) is 26.4 Å². The van der Waals surface area contributed by atoms with Gasteiger partial charge < -0.3 is 33.8 Å². The van der Waals surface area contributed by atoms with E-state index in [9.17, 15) is 43.2 Å². The van der Waals surface area contributed by atoms with Crippen molar-refractivity contribution in [2.45, 2.75) is 433 Å². The van der Waals surface area contributed by atoms with Crippen molar-refractivity contribution in [1.82, 2.24) is 0 Å². The molecule has 0 saturated carbocycles. The number of aliphatic hydroxyl groups is 1. The van der Waals surface area contributed by atoms with Crippen LogP contribution in [0.2, 0.25) is 0 Å². The number of carbonyl (C=O) groups is 4. The van der Waals surface area contributed by atoms with Gasteiger partial charge in [0, 0.05) is 25.7 Å². The van der Waals surface area contributed by atoms with Crippen LogP contribution < -0.4 is 0 Å². The first-order valence-corrected chi connectivity index (χ1v) is 44.7. The van der Waals surface area contributed by atoms with E-state index in [4.69, 9.17) is 37.0 Å². The number of ether oxygens (including phenoxy) is 4. The van der Waals surface area contributed by atoms with Crippen LogP contribution in [-0.4, -0.2) is 96.7 Å². The Morgan fingerprint density at radius 1 is 0.280 bits per heavy atom. The Labute approximate surface area is 613 Å². The van der Waals surface area contributed by atoms with Gasteiger partial charge in [0.1, 0.15) is 19.3 Å². The summed E-state index contributed by atoms with van der Waals surface area (Å²) in [6.45, 7) is 14.3. The van der Waals surface area contributed by atoms with Gasteiger partial charge in [0.25, 0.3) is 0 Å². The molecule has 594 valence electrons. The third-order valence-corrected chi connectivity index (χ3v) is 21.1. The largest absolute Gasteiger partial charge is 0.472 e. The summed E-state index contributed by atoms with van der Waals surface area (Å²) in [5.74, 6) is 1.00. The number of carbonyl (C=O) groups excluding carboxylic acids is 4. The van der Waals surface area contributed by atoms with E-state index >= 15 is 0 Å². The molecule has 3 N–H and O–H groups in total. The van der Waals surface area contributed by atoms with Gasteiger partial charge >= 0.3 is 39.5 Å². The number of hydrogen-bond acceptors (Lipinski definition) is 15. The lowest BCUT2D eigenvalue weighted by Crippen LogP contribution is -2.30. The van der Waals surface area contributed by atoms with E-state index in [-0.39, 0.29) is 25.7 Å². The fourth-order valence-electron chi connectivity index (χ4n) is 12.4. The number of esters is 4. The summed E-state index contributed by atoms with van der Waals surface area (Å²) >= 11 is 0. The zero-order valence-corrected chi connectivity index (χ0v) is 67.6. The van der Waals surface area contributed by atoms with Gasteiger partial charge in [-0.25, -0.2) is 9.13 Å². The van der Waals surface area contributed by atoms with Gasteiger partial charge in [-0.05, 0) is 49.4 Å². The lowest BCUT2D eigenvalue weighted by Gasteiger charge is -2.21. The summed E-state index contributed by atoms with van der Waals surface area (Å²) in [5.41, 5.74) is 0. The van der Waals surface area contributed by atoms with Crippen molar-refractivity contribution in [3.63, 3.8) is 0 Å². The third-order valence-electron chi connectivity index (χ3n) is 19.2. The van der Waals surface area contributed by atoms with Gasteiger partial charge in [0.15, 0.2) is 12.2 Å². The van der Waals surface area contributed by atoms with Crippen LogP contribution >= 0.6 is 15.6 Å². The van der Waals surface area contributed by atoms with Crippen molar-refractivity contribution in [3.8, 4) is 0 Å². The highest BCUT2D eigenvalue weighted by Crippen LogP contribution is 2.45. The quantitative estimate of drug-likeness (QED) is 0.0222. The molecule has 0 aliphatic rings. The smallest absolute Gasteiger partial charge is 0.462 e. The predicted octanol–water partition coefficient (Wildman–Crippen LogP) is 24.0. The zero-order valence-electron chi connectivity index (χ0n) is 65.8. The maximum absolute atomic E-state index is 13.1. The maximum atomic E-state index is 13.1. The molecule has 0 aliphatic heterocycles. The van der Waals surface area contributed by atoms with Crippen molar-refractivity contribution in [1.29, 1.82) is 0 Å². The zero-order chi connectivity index (χ0) is 73.8. The van der Waals surface area contributed by atoms with E-state index in [0.29, 0.717) is 31.6 Å². The summed E-state index contributed by atoms with van der Waals surface area (Å²) in [4.78, 5) is 73.0. The Morgan fingerprint density at radius 2 is 0.480 bits per heavy atom. The molecule has 0 bridgehead atoms. The molecular weight excluding hydrogens is 1310 g/mol. The van der Waals surface area contributed by atoms with Crippen LogP contribution in [0.25, 0.3) is 0 Å². The first kappa shape index (κ1) is 98.1. The average Bonchev–Trinajstić information content (AvgIpc) is 0.920. The number of aliphatic hydroxyl groups excluding tert-OH is 1. The topological polar surface area (TPSA) is 237 Å². The molecule has 19 heteroatoms. The summed E-state index contributed by atoms with van der Waals surface area (Å²) < 4.78 is 68.7. The highest BCUT2D eigenvalue weighted by Gasteiger charge is 2.30. The number of rotatable bonds is 78. The molecule has 0 fully saturated rings. The van der Waals surface area contributed by atoms with E-state index in [1.54, 1.807) is 0 Å². The summed E-state index contributed by atoms with van der Waals surface area (Å²) in [5, 5.41) is 10.6. The standard InChI is InChI=1S/C81H158O17P2/c1-9-74(8)60-52-44-36-28-24-25-29-37-45-53-61-78(83)91-67-76(97-80(85)63-55-47-38-30-22-18-13-11-10-12-16-20-26-33-41-49-57-71(2)3)69-95-99(87,88)93-65-75(82)66-94-100(89,90)96-70-77(68-92-79(84)62-54-46-40-32-35-43-51-59-73(6)7)98-81(86)64-56-48-39-31-23-19-15-14-17-21-27-34-42-50-58-72(4)5/h71-77,82H,9-70H2,1-8H3,(H,87,88)(H,89,90)/t74?,75?,76-,77-/m1/s1. The molecule has 6 atom stereocenters. The van der Waals surface area contributed by atoms with Gasteiger partial charge in [-0.2, -0.15) is 0 Å². The first-order chi connectivity index (χ1) is 48.1. The monoisotopic (exact) mass is 1470 g/mol. The Hall–Kier alpha value is -1.94. The predicted molar refractivity (Wildman–Crippen MR) is 409 cm³/mol. The minimum absolute atomic E-state index is 0.106. The lowest BCUT2D eigenvalue weighted by molar-refractivity contribution is -0.161. The van der Waals surface area contributed by atoms with Crippen LogP contribution in [0.5, 0.6) is 0 Å². The molecular formula is C81H158O17P2. The summed E-state index contributed by atoms with van der Waals surface area (Å²) in [6.07, 6.45) is 56.9. The lowest BCUT2D eigenvalue weighted by atomic mass is 9.99. The van der Waals surface area contributed by atoms with Crippen molar-refractivity contribution in [3.05, 3.63) is 0 Å². The Morgan fingerprint density at radius 3 is 0.710 bits per heavy atom. The van der Waals surface area contributed by atoms with Crippen LogP contribution in [-0.2, 0) is 65.4 Å². The third kappa shape index (κ3) is 73.0. The van der Waals surface area contributed by atoms with E-state index in [0.717, 1.165) is 114 Å². The second-order valence-corrected chi connectivity index (χ2v) is 33.7. The molecule has 0 spiro atoms. The molecule has 100 heavy (non-hydrogen) atoms. The van der Waals surface area contributed by atoms with Crippen LogP contribution in [0.15, 0.2) is 0 Å². The highest BCUT2D eigenvalue weighted by atomic mass is 31.2. The molecule has 0 aromatic rings. The van der Waals surface area contributed by atoms with E-state index in [1.165, 1.54) is 212 Å². The molecule has 0 aromatic carbocycles. The minimum atomic E-state index is -4.96.